The van der Waals surface area contributed by atoms with Crippen molar-refractivity contribution in [2.75, 3.05) is 19.6 Å². The molecule has 2 unspecified atom stereocenters. The molecule has 0 aromatic rings. The van der Waals surface area contributed by atoms with Crippen LogP contribution < -0.4 is 0 Å². The van der Waals surface area contributed by atoms with Gasteiger partial charge in [-0.2, -0.15) is 0 Å². The second-order valence-electron chi connectivity index (χ2n) is 5.06. The van der Waals surface area contributed by atoms with Gasteiger partial charge in [0.1, 0.15) is 0 Å². The molecule has 1 heterocycles. The Morgan fingerprint density at radius 3 is 2.69 bits per heavy atom. The van der Waals surface area contributed by atoms with Crippen LogP contribution in [0.2, 0.25) is 0 Å². The molecule has 0 radical (unpaired) electrons. The molecule has 0 aliphatic carbocycles. The van der Waals surface area contributed by atoms with Crippen molar-refractivity contribution in [2.45, 2.75) is 45.1 Å². The van der Waals surface area contributed by atoms with Gasteiger partial charge in [-0.05, 0) is 45.2 Å². The number of carboxylic acid groups (broad SMARTS) is 1. The van der Waals surface area contributed by atoms with Gasteiger partial charge in [0, 0.05) is 6.54 Å². The fourth-order valence-corrected chi connectivity index (χ4v) is 2.29. The maximum absolute atomic E-state index is 10.8. The van der Waals surface area contributed by atoms with Crippen molar-refractivity contribution in [3.05, 3.63) is 0 Å². The van der Waals surface area contributed by atoms with Crippen LogP contribution in [0.15, 0.2) is 0 Å². The number of carbonyl (C=O) groups is 1. The Morgan fingerprint density at radius 1 is 1.44 bits per heavy atom. The molecule has 94 valence electrons. The average molecular weight is 229 g/mol. The van der Waals surface area contributed by atoms with Crippen LogP contribution >= 0.6 is 0 Å². The Bertz CT molecular complexity index is 240. The van der Waals surface area contributed by atoms with E-state index < -0.39 is 11.6 Å². The number of likely N-dealkylation sites (tertiary alicyclic amines) is 1. The molecule has 0 amide bonds. The molecule has 1 fully saturated rings. The Labute approximate surface area is 97.3 Å². The van der Waals surface area contributed by atoms with E-state index in [9.17, 15) is 9.90 Å². The molecule has 0 saturated carbocycles. The van der Waals surface area contributed by atoms with E-state index in [1.54, 1.807) is 0 Å². The molecule has 16 heavy (non-hydrogen) atoms. The van der Waals surface area contributed by atoms with Crippen LogP contribution in [0.1, 0.15) is 39.5 Å². The minimum absolute atomic E-state index is 0.235. The quantitative estimate of drug-likeness (QED) is 0.763. The number of hydrogen-bond acceptors (Lipinski definition) is 3. The first kappa shape index (κ1) is 13.5. The van der Waals surface area contributed by atoms with Crippen molar-refractivity contribution in [1.82, 2.24) is 4.90 Å². The Kier molecular flexibility index (Phi) is 4.74. The summed E-state index contributed by atoms with van der Waals surface area (Å²) in [6.45, 7) is 5.62. The van der Waals surface area contributed by atoms with E-state index in [4.69, 9.17) is 5.11 Å². The van der Waals surface area contributed by atoms with Gasteiger partial charge in [0.15, 0.2) is 5.60 Å². The molecule has 1 rings (SSSR count). The molecule has 0 bridgehead atoms. The lowest BCUT2D eigenvalue weighted by Gasteiger charge is -2.27. The predicted molar refractivity (Wildman–Crippen MR) is 62.3 cm³/mol. The summed E-state index contributed by atoms with van der Waals surface area (Å²) in [5.41, 5.74) is -1.62. The smallest absolute Gasteiger partial charge is 0.336 e. The first-order valence-corrected chi connectivity index (χ1v) is 6.14. The van der Waals surface area contributed by atoms with E-state index in [1.807, 2.05) is 0 Å². The fraction of sp³-hybridized carbons (Fsp3) is 0.917. The van der Waals surface area contributed by atoms with E-state index in [0.717, 1.165) is 31.8 Å². The highest BCUT2D eigenvalue weighted by Crippen LogP contribution is 2.21. The van der Waals surface area contributed by atoms with Crippen LogP contribution in [0.25, 0.3) is 0 Å². The minimum Gasteiger partial charge on any atom is -0.479 e. The predicted octanol–water partition coefficient (Wildman–Crippen LogP) is 1.33. The van der Waals surface area contributed by atoms with Gasteiger partial charge in [-0.15, -0.1) is 0 Å². The number of hydrogen-bond donors (Lipinski definition) is 2. The van der Waals surface area contributed by atoms with Crippen LogP contribution in [0.3, 0.4) is 0 Å². The van der Waals surface area contributed by atoms with Crippen molar-refractivity contribution in [3.63, 3.8) is 0 Å². The third-order valence-electron chi connectivity index (χ3n) is 3.51. The zero-order valence-electron chi connectivity index (χ0n) is 10.3. The molecule has 1 saturated heterocycles. The molecule has 2 atom stereocenters. The van der Waals surface area contributed by atoms with Gasteiger partial charge < -0.3 is 10.2 Å². The van der Waals surface area contributed by atoms with Gasteiger partial charge >= 0.3 is 5.97 Å². The summed E-state index contributed by atoms with van der Waals surface area (Å²) in [7, 11) is 0. The standard InChI is InChI=1S/C12H23NO3/c1-3-10-5-4-7-13(8-6-10)9-12(2,16)11(14)15/h10,16H,3-9H2,1-2H3,(H,14,15). The third kappa shape index (κ3) is 3.76. The lowest BCUT2D eigenvalue weighted by molar-refractivity contribution is -0.158. The lowest BCUT2D eigenvalue weighted by atomic mass is 9.98. The first-order chi connectivity index (χ1) is 7.45. The number of nitrogens with zero attached hydrogens (tertiary/aromatic N) is 1. The Hall–Kier alpha value is -0.610. The Morgan fingerprint density at radius 2 is 2.12 bits per heavy atom. The van der Waals surface area contributed by atoms with Crippen LogP contribution in [-0.2, 0) is 4.79 Å². The summed E-state index contributed by atoms with van der Waals surface area (Å²) in [4.78, 5) is 12.9. The lowest BCUT2D eigenvalue weighted by Crippen LogP contribution is -2.47. The fourth-order valence-electron chi connectivity index (χ4n) is 2.29. The zero-order chi connectivity index (χ0) is 12.2. The van der Waals surface area contributed by atoms with Gasteiger partial charge in [-0.25, -0.2) is 4.79 Å². The number of β-amino-alcohol motifs (C(OH)–C–C–N with tert-alkyl or cyclic N) is 1. The van der Waals surface area contributed by atoms with Gasteiger partial charge in [-0.3, -0.25) is 4.90 Å². The van der Waals surface area contributed by atoms with Gasteiger partial charge in [0.05, 0.1) is 0 Å². The maximum atomic E-state index is 10.8. The summed E-state index contributed by atoms with van der Waals surface area (Å²) in [5, 5.41) is 18.6. The van der Waals surface area contributed by atoms with Crippen LogP contribution in [-0.4, -0.2) is 46.3 Å². The highest BCUT2D eigenvalue weighted by atomic mass is 16.4. The molecular weight excluding hydrogens is 206 g/mol. The second kappa shape index (κ2) is 5.64. The van der Waals surface area contributed by atoms with Gasteiger partial charge in [-0.1, -0.05) is 13.3 Å². The van der Waals surface area contributed by atoms with Crippen molar-refractivity contribution < 1.29 is 15.0 Å². The van der Waals surface area contributed by atoms with Crippen LogP contribution in [0, 0.1) is 5.92 Å². The number of aliphatic carboxylic acids is 1. The molecule has 4 heteroatoms. The summed E-state index contributed by atoms with van der Waals surface area (Å²) in [5.74, 6) is -0.372. The third-order valence-corrected chi connectivity index (χ3v) is 3.51. The van der Waals surface area contributed by atoms with E-state index >= 15 is 0 Å². The summed E-state index contributed by atoms with van der Waals surface area (Å²) >= 11 is 0. The normalized spacial score (nSPS) is 27.1. The topological polar surface area (TPSA) is 60.8 Å². The highest BCUT2D eigenvalue weighted by Gasteiger charge is 2.32. The van der Waals surface area contributed by atoms with Crippen LogP contribution in [0.5, 0.6) is 0 Å². The van der Waals surface area contributed by atoms with Crippen molar-refractivity contribution >= 4 is 5.97 Å². The monoisotopic (exact) mass is 229 g/mol. The van der Waals surface area contributed by atoms with Gasteiger partial charge in [0.2, 0.25) is 0 Å². The average Bonchev–Trinajstić information content (AvgIpc) is 2.42. The number of carboxylic acids is 1. The molecule has 0 aromatic carbocycles. The Balaban J connectivity index is 2.46. The van der Waals surface area contributed by atoms with Crippen molar-refractivity contribution in [1.29, 1.82) is 0 Å². The van der Waals surface area contributed by atoms with E-state index in [2.05, 4.69) is 11.8 Å². The zero-order valence-corrected chi connectivity index (χ0v) is 10.3. The van der Waals surface area contributed by atoms with E-state index in [-0.39, 0.29) is 6.54 Å². The molecule has 0 spiro atoms. The number of rotatable bonds is 4. The maximum Gasteiger partial charge on any atom is 0.336 e. The first-order valence-electron chi connectivity index (χ1n) is 6.14. The molecule has 1 aliphatic heterocycles. The summed E-state index contributed by atoms with van der Waals surface area (Å²) < 4.78 is 0. The molecule has 2 N–H and O–H groups in total. The summed E-state index contributed by atoms with van der Waals surface area (Å²) in [6.07, 6.45) is 4.64. The second-order valence-corrected chi connectivity index (χ2v) is 5.06. The largest absolute Gasteiger partial charge is 0.479 e. The van der Waals surface area contributed by atoms with Crippen molar-refractivity contribution in [3.8, 4) is 0 Å². The van der Waals surface area contributed by atoms with Crippen molar-refractivity contribution in [2.24, 2.45) is 5.92 Å². The molecular formula is C12H23NO3. The minimum atomic E-state index is -1.62. The SMILES string of the molecule is CCC1CCCN(CC(C)(O)C(=O)O)CC1. The van der Waals surface area contributed by atoms with E-state index in [1.165, 1.54) is 19.8 Å². The summed E-state index contributed by atoms with van der Waals surface area (Å²) in [6, 6.07) is 0. The van der Waals surface area contributed by atoms with Gasteiger partial charge in [0.25, 0.3) is 0 Å². The highest BCUT2D eigenvalue weighted by molar-refractivity contribution is 5.76. The molecule has 1 aliphatic rings. The molecule has 0 aromatic heterocycles. The number of aliphatic hydroxyl groups is 1. The van der Waals surface area contributed by atoms with Crippen LogP contribution in [0.4, 0.5) is 0 Å². The molecule has 4 nitrogen and oxygen atoms in total. The van der Waals surface area contributed by atoms with E-state index in [0.29, 0.717) is 0 Å².